The van der Waals surface area contributed by atoms with Crippen LogP contribution in [-0.2, 0) is 27.2 Å². The number of carbonyl (C=O) groups is 2. The van der Waals surface area contributed by atoms with Crippen molar-refractivity contribution in [3.63, 3.8) is 0 Å². The third kappa shape index (κ3) is 5.37. The van der Waals surface area contributed by atoms with Gasteiger partial charge in [-0.15, -0.1) is 0 Å². The molecule has 0 unspecified atom stereocenters. The van der Waals surface area contributed by atoms with Gasteiger partial charge in [0.15, 0.2) is 0 Å². The summed E-state index contributed by atoms with van der Waals surface area (Å²) in [5.74, 6) is -0.149. The van der Waals surface area contributed by atoms with Gasteiger partial charge < -0.3 is 15.0 Å². The first-order valence-electron chi connectivity index (χ1n) is 8.99. The number of nitro benzene ring substituents is 1. The average Bonchev–Trinajstić information content (AvgIpc) is 2.70. The highest BCUT2D eigenvalue weighted by atomic mass is 16.6. The molecule has 0 atom stereocenters. The van der Waals surface area contributed by atoms with Gasteiger partial charge in [0.2, 0.25) is 11.8 Å². The first-order chi connectivity index (χ1) is 13.5. The zero-order valence-corrected chi connectivity index (χ0v) is 15.3. The minimum atomic E-state index is -0.477. The van der Waals surface area contributed by atoms with Gasteiger partial charge in [0, 0.05) is 30.9 Å². The molecule has 1 aliphatic rings. The Bertz CT molecular complexity index is 843. The van der Waals surface area contributed by atoms with Gasteiger partial charge in [0.1, 0.15) is 0 Å². The van der Waals surface area contributed by atoms with Crippen molar-refractivity contribution < 1.29 is 19.2 Å². The Labute approximate surface area is 162 Å². The minimum absolute atomic E-state index is 0.00799. The molecule has 0 bridgehead atoms. The van der Waals surface area contributed by atoms with Crippen LogP contribution in [0.1, 0.15) is 11.1 Å². The topological polar surface area (TPSA) is 102 Å². The Morgan fingerprint density at radius 1 is 0.964 bits per heavy atom. The number of benzene rings is 2. The van der Waals surface area contributed by atoms with Crippen LogP contribution in [0.3, 0.4) is 0 Å². The van der Waals surface area contributed by atoms with Gasteiger partial charge in [-0.05, 0) is 23.3 Å². The van der Waals surface area contributed by atoms with E-state index < -0.39 is 4.92 Å². The van der Waals surface area contributed by atoms with Gasteiger partial charge in [0.05, 0.1) is 31.0 Å². The number of amides is 2. The summed E-state index contributed by atoms with van der Waals surface area (Å²) in [5.41, 5.74) is 2.20. The van der Waals surface area contributed by atoms with Crippen LogP contribution in [0.5, 0.6) is 0 Å². The van der Waals surface area contributed by atoms with E-state index in [2.05, 4.69) is 5.32 Å². The Morgan fingerprint density at radius 3 is 2.14 bits per heavy atom. The van der Waals surface area contributed by atoms with Crippen molar-refractivity contribution in [2.45, 2.75) is 12.8 Å². The molecule has 0 radical (unpaired) electrons. The molecule has 2 aromatic carbocycles. The first kappa shape index (κ1) is 19.5. The number of ether oxygens (including phenoxy) is 1. The molecule has 0 saturated carbocycles. The van der Waals surface area contributed by atoms with E-state index in [1.807, 2.05) is 12.1 Å². The van der Waals surface area contributed by atoms with Crippen molar-refractivity contribution in [2.24, 2.45) is 0 Å². The number of hydrogen-bond acceptors (Lipinski definition) is 5. The number of carbonyl (C=O) groups excluding carboxylic acids is 2. The maximum Gasteiger partial charge on any atom is 0.269 e. The molecule has 1 saturated heterocycles. The Balaban J connectivity index is 1.51. The molecule has 0 spiro atoms. The van der Waals surface area contributed by atoms with Gasteiger partial charge in [0.25, 0.3) is 5.69 Å². The standard InChI is InChI=1S/C20H21N3O5/c24-19(13-15-3-7-18(8-4-15)23(26)27)21-17-5-1-16(2-6-17)14-20(25)22-9-11-28-12-10-22/h1-8H,9-14H2,(H,21,24). The van der Waals surface area contributed by atoms with E-state index in [1.54, 1.807) is 29.2 Å². The lowest BCUT2D eigenvalue weighted by Gasteiger charge is -2.26. The lowest BCUT2D eigenvalue weighted by Crippen LogP contribution is -2.41. The van der Waals surface area contributed by atoms with E-state index in [9.17, 15) is 19.7 Å². The van der Waals surface area contributed by atoms with Gasteiger partial charge in [-0.3, -0.25) is 19.7 Å². The van der Waals surface area contributed by atoms with Gasteiger partial charge >= 0.3 is 0 Å². The molecule has 2 amide bonds. The molecule has 1 heterocycles. The highest BCUT2D eigenvalue weighted by Crippen LogP contribution is 2.14. The second-order valence-electron chi connectivity index (χ2n) is 6.52. The molecular formula is C20H21N3O5. The highest BCUT2D eigenvalue weighted by Gasteiger charge is 2.17. The number of nitrogens with one attached hydrogen (secondary N) is 1. The number of rotatable bonds is 6. The van der Waals surface area contributed by atoms with Crippen molar-refractivity contribution in [3.05, 3.63) is 69.8 Å². The molecule has 8 heteroatoms. The predicted molar refractivity (Wildman–Crippen MR) is 103 cm³/mol. The molecule has 8 nitrogen and oxygen atoms in total. The lowest BCUT2D eigenvalue weighted by atomic mass is 10.1. The van der Waals surface area contributed by atoms with Crippen molar-refractivity contribution >= 4 is 23.2 Å². The fourth-order valence-corrected chi connectivity index (χ4v) is 2.93. The fourth-order valence-electron chi connectivity index (χ4n) is 2.93. The van der Waals surface area contributed by atoms with Gasteiger partial charge in [-0.1, -0.05) is 24.3 Å². The van der Waals surface area contributed by atoms with Crippen LogP contribution in [0.4, 0.5) is 11.4 Å². The molecule has 1 N–H and O–H groups in total. The third-order valence-electron chi connectivity index (χ3n) is 4.47. The first-order valence-corrected chi connectivity index (χ1v) is 8.99. The van der Waals surface area contributed by atoms with E-state index in [-0.39, 0.29) is 23.9 Å². The van der Waals surface area contributed by atoms with Gasteiger partial charge in [-0.2, -0.15) is 0 Å². The van der Waals surface area contributed by atoms with Crippen molar-refractivity contribution in [1.29, 1.82) is 0 Å². The highest BCUT2D eigenvalue weighted by molar-refractivity contribution is 5.92. The summed E-state index contributed by atoms with van der Waals surface area (Å²) in [6, 6.07) is 13.0. The maximum atomic E-state index is 12.3. The Kier molecular flexibility index (Phi) is 6.33. The molecule has 1 aliphatic heterocycles. The van der Waals surface area contributed by atoms with Crippen LogP contribution in [-0.4, -0.2) is 47.9 Å². The van der Waals surface area contributed by atoms with Crippen LogP contribution >= 0.6 is 0 Å². The summed E-state index contributed by atoms with van der Waals surface area (Å²) in [6.45, 7) is 2.39. The van der Waals surface area contributed by atoms with Crippen LogP contribution in [0, 0.1) is 10.1 Å². The molecule has 3 rings (SSSR count). The molecule has 1 fully saturated rings. The van der Waals surface area contributed by atoms with E-state index in [4.69, 9.17) is 4.74 Å². The Morgan fingerprint density at radius 2 is 1.54 bits per heavy atom. The molecule has 0 aliphatic carbocycles. The van der Waals surface area contributed by atoms with Crippen molar-refractivity contribution in [3.8, 4) is 0 Å². The van der Waals surface area contributed by atoms with Crippen molar-refractivity contribution in [2.75, 3.05) is 31.6 Å². The molecule has 146 valence electrons. The number of morpholine rings is 1. The van der Waals surface area contributed by atoms with Crippen LogP contribution in [0.2, 0.25) is 0 Å². The number of non-ortho nitro benzene ring substituents is 1. The molecular weight excluding hydrogens is 362 g/mol. The van der Waals surface area contributed by atoms with E-state index >= 15 is 0 Å². The normalized spacial score (nSPS) is 13.8. The second kappa shape index (κ2) is 9.09. The van der Waals surface area contributed by atoms with E-state index in [0.29, 0.717) is 44.0 Å². The minimum Gasteiger partial charge on any atom is -0.378 e. The zero-order chi connectivity index (χ0) is 19.9. The zero-order valence-electron chi connectivity index (χ0n) is 15.3. The predicted octanol–water partition coefficient (Wildman–Crippen LogP) is 2.18. The molecule has 2 aromatic rings. The second-order valence-corrected chi connectivity index (χ2v) is 6.52. The number of nitro groups is 1. The number of nitrogens with zero attached hydrogens (tertiary/aromatic N) is 2. The summed E-state index contributed by atoms with van der Waals surface area (Å²) < 4.78 is 5.25. The third-order valence-corrected chi connectivity index (χ3v) is 4.47. The maximum absolute atomic E-state index is 12.3. The number of anilines is 1. The van der Waals surface area contributed by atoms with Crippen LogP contribution in [0.15, 0.2) is 48.5 Å². The quantitative estimate of drug-likeness (QED) is 0.608. The smallest absolute Gasteiger partial charge is 0.269 e. The SMILES string of the molecule is O=C(Cc1ccc([N+](=O)[O-])cc1)Nc1ccc(CC(=O)N2CCOCC2)cc1. The monoisotopic (exact) mass is 383 g/mol. The Hall–Kier alpha value is -3.26. The van der Waals surface area contributed by atoms with E-state index in [1.165, 1.54) is 12.1 Å². The molecule has 0 aromatic heterocycles. The summed E-state index contributed by atoms with van der Waals surface area (Å²) in [5, 5.41) is 13.4. The lowest BCUT2D eigenvalue weighted by molar-refractivity contribution is -0.384. The average molecular weight is 383 g/mol. The summed E-state index contributed by atoms with van der Waals surface area (Å²) in [6.07, 6.45) is 0.437. The van der Waals surface area contributed by atoms with Gasteiger partial charge in [-0.25, -0.2) is 0 Å². The summed E-state index contributed by atoms with van der Waals surface area (Å²) in [4.78, 5) is 36.4. The largest absolute Gasteiger partial charge is 0.378 e. The molecule has 28 heavy (non-hydrogen) atoms. The fraction of sp³-hybridized carbons (Fsp3) is 0.300. The number of hydrogen-bond donors (Lipinski definition) is 1. The van der Waals surface area contributed by atoms with Crippen LogP contribution in [0.25, 0.3) is 0 Å². The summed E-state index contributed by atoms with van der Waals surface area (Å²) in [7, 11) is 0. The van der Waals surface area contributed by atoms with Crippen LogP contribution < -0.4 is 5.32 Å². The van der Waals surface area contributed by atoms with Crippen molar-refractivity contribution in [1.82, 2.24) is 4.90 Å². The van der Waals surface area contributed by atoms with E-state index in [0.717, 1.165) is 5.56 Å². The summed E-state index contributed by atoms with van der Waals surface area (Å²) >= 11 is 0.